The van der Waals surface area contributed by atoms with E-state index < -0.39 is 0 Å². The molecule has 0 aliphatic carbocycles. The number of H-pyrrole nitrogens is 1. The van der Waals surface area contributed by atoms with E-state index in [4.69, 9.17) is 0 Å². The van der Waals surface area contributed by atoms with Crippen LogP contribution in [0.2, 0.25) is 0 Å². The van der Waals surface area contributed by atoms with Crippen LogP contribution in [0.3, 0.4) is 0 Å². The SMILES string of the molecule is CNCCNC(=O)c1ccc2[nH]c3c(c2c1)CCN(C(=O)Cc1ccccc1)C3. The van der Waals surface area contributed by atoms with Crippen LogP contribution < -0.4 is 10.6 Å². The van der Waals surface area contributed by atoms with Gasteiger partial charge in [0.1, 0.15) is 0 Å². The van der Waals surface area contributed by atoms with Crippen LogP contribution in [0.15, 0.2) is 48.5 Å². The van der Waals surface area contributed by atoms with E-state index in [-0.39, 0.29) is 11.8 Å². The zero-order valence-corrected chi connectivity index (χ0v) is 16.6. The van der Waals surface area contributed by atoms with Gasteiger partial charge in [0.2, 0.25) is 5.91 Å². The predicted molar refractivity (Wildman–Crippen MR) is 114 cm³/mol. The second-order valence-electron chi connectivity index (χ2n) is 7.43. The number of aromatic nitrogens is 1. The molecule has 2 amide bonds. The van der Waals surface area contributed by atoms with Gasteiger partial charge in [0.05, 0.1) is 13.0 Å². The maximum absolute atomic E-state index is 12.7. The normalized spacial score (nSPS) is 13.3. The summed E-state index contributed by atoms with van der Waals surface area (Å²) >= 11 is 0. The molecule has 29 heavy (non-hydrogen) atoms. The Labute approximate surface area is 170 Å². The lowest BCUT2D eigenvalue weighted by atomic mass is 10.0. The van der Waals surface area contributed by atoms with Crippen LogP contribution in [-0.2, 0) is 24.2 Å². The van der Waals surface area contributed by atoms with Crippen molar-refractivity contribution < 1.29 is 9.59 Å². The summed E-state index contributed by atoms with van der Waals surface area (Å²) in [6, 6.07) is 15.6. The van der Waals surface area contributed by atoms with Crippen LogP contribution in [-0.4, -0.2) is 48.4 Å². The second-order valence-corrected chi connectivity index (χ2v) is 7.43. The zero-order chi connectivity index (χ0) is 20.2. The number of rotatable bonds is 6. The average molecular weight is 390 g/mol. The van der Waals surface area contributed by atoms with Crippen LogP contribution in [0, 0.1) is 0 Å². The number of amides is 2. The van der Waals surface area contributed by atoms with Crippen LogP contribution in [0.25, 0.3) is 10.9 Å². The number of hydrogen-bond acceptors (Lipinski definition) is 3. The number of benzene rings is 2. The molecule has 0 bridgehead atoms. The molecule has 1 aliphatic rings. The number of likely N-dealkylation sites (N-methyl/N-ethyl adjacent to an activating group) is 1. The van der Waals surface area contributed by atoms with Gasteiger partial charge in [-0.25, -0.2) is 0 Å². The van der Waals surface area contributed by atoms with E-state index in [0.717, 1.165) is 35.1 Å². The molecule has 0 unspecified atom stereocenters. The lowest BCUT2D eigenvalue weighted by Crippen LogP contribution is -2.36. The van der Waals surface area contributed by atoms with Crippen molar-refractivity contribution in [3.8, 4) is 0 Å². The molecule has 0 radical (unpaired) electrons. The van der Waals surface area contributed by atoms with Gasteiger partial charge in [-0.2, -0.15) is 0 Å². The molecule has 0 saturated heterocycles. The lowest BCUT2D eigenvalue weighted by molar-refractivity contribution is -0.131. The lowest BCUT2D eigenvalue weighted by Gasteiger charge is -2.27. The first-order valence-electron chi connectivity index (χ1n) is 10.0. The standard InChI is InChI=1S/C23H26N4O2/c1-24-10-11-25-23(29)17-7-8-20-19(14-17)18-9-12-27(15-21(18)26-20)22(28)13-16-5-3-2-4-6-16/h2-8,14,24,26H,9-13,15H2,1H3,(H,25,29). The topological polar surface area (TPSA) is 77.2 Å². The van der Waals surface area contributed by atoms with Gasteiger partial charge in [-0.15, -0.1) is 0 Å². The largest absolute Gasteiger partial charge is 0.357 e. The van der Waals surface area contributed by atoms with E-state index in [0.29, 0.717) is 31.6 Å². The fourth-order valence-corrected chi connectivity index (χ4v) is 3.88. The summed E-state index contributed by atoms with van der Waals surface area (Å²) in [4.78, 5) is 30.4. The van der Waals surface area contributed by atoms with Crippen molar-refractivity contribution in [2.24, 2.45) is 0 Å². The maximum Gasteiger partial charge on any atom is 0.251 e. The predicted octanol–water partition coefficient (Wildman–Crippen LogP) is 2.24. The van der Waals surface area contributed by atoms with Gasteiger partial charge in [-0.05, 0) is 42.8 Å². The van der Waals surface area contributed by atoms with E-state index in [2.05, 4.69) is 15.6 Å². The first kappa shape index (κ1) is 19.2. The minimum Gasteiger partial charge on any atom is -0.357 e. The summed E-state index contributed by atoms with van der Waals surface area (Å²) in [6.45, 7) is 2.61. The van der Waals surface area contributed by atoms with E-state index in [1.807, 2.05) is 60.5 Å². The monoisotopic (exact) mass is 390 g/mol. The van der Waals surface area contributed by atoms with Crippen molar-refractivity contribution in [2.75, 3.05) is 26.7 Å². The Morgan fingerprint density at radius 3 is 2.72 bits per heavy atom. The molecule has 2 heterocycles. The van der Waals surface area contributed by atoms with Crippen molar-refractivity contribution in [3.05, 3.63) is 70.9 Å². The molecule has 1 aliphatic heterocycles. The highest BCUT2D eigenvalue weighted by atomic mass is 16.2. The molecule has 0 spiro atoms. The molecular formula is C23H26N4O2. The number of carbonyl (C=O) groups is 2. The third kappa shape index (κ3) is 4.17. The summed E-state index contributed by atoms with van der Waals surface area (Å²) in [5, 5.41) is 7.01. The molecule has 4 rings (SSSR count). The molecule has 6 heteroatoms. The molecule has 3 aromatic rings. The van der Waals surface area contributed by atoms with Crippen molar-refractivity contribution in [1.82, 2.24) is 20.5 Å². The van der Waals surface area contributed by atoms with Crippen LogP contribution in [0.5, 0.6) is 0 Å². The van der Waals surface area contributed by atoms with E-state index in [1.54, 1.807) is 0 Å². The quantitative estimate of drug-likeness (QED) is 0.565. The Kier molecular flexibility index (Phi) is 5.62. The van der Waals surface area contributed by atoms with Crippen molar-refractivity contribution in [1.29, 1.82) is 0 Å². The Morgan fingerprint density at radius 2 is 1.93 bits per heavy atom. The summed E-state index contributed by atoms with van der Waals surface area (Å²) in [6.07, 6.45) is 1.22. The zero-order valence-electron chi connectivity index (χ0n) is 16.6. The Bertz CT molecular complexity index is 1030. The molecule has 0 fully saturated rings. The third-order valence-electron chi connectivity index (χ3n) is 5.45. The average Bonchev–Trinajstić information content (AvgIpc) is 3.11. The highest BCUT2D eigenvalue weighted by Gasteiger charge is 2.24. The van der Waals surface area contributed by atoms with Gasteiger partial charge < -0.3 is 20.5 Å². The molecular weight excluding hydrogens is 364 g/mol. The number of nitrogens with one attached hydrogen (secondary N) is 3. The fraction of sp³-hybridized carbons (Fsp3) is 0.304. The van der Waals surface area contributed by atoms with Crippen LogP contribution >= 0.6 is 0 Å². The summed E-state index contributed by atoms with van der Waals surface area (Å²) in [5.41, 5.74) is 5.00. The number of hydrogen-bond donors (Lipinski definition) is 3. The molecule has 0 saturated carbocycles. The van der Waals surface area contributed by atoms with Crippen molar-refractivity contribution in [3.63, 3.8) is 0 Å². The van der Waals surface area contributed by atoms with Gasteiger partial charge in [0, 0.05) is 41.8 Å². The van der Waals surface area contributed by atoms with Gasteiger partial charge in [0.25, 0.3) is 5.91 Å². The summed E-state index contributed by atoms with van der Waals surface area (Å²) in [5.74, 6) is 0.0812. The van der Waals surface area contributed by atoms with E-state index in [1.165, 1.54) is 5.56 Å². The Hall–Kier alpha value is -3.12. The highest BCUT2D eigenvalue weighted by Crippen LogP contribution is 2.28. The number of nitrogens with zero attached hydrogens (tertiary/aromatic N) is 1. The number of fused-ring (bicyclic) bond motifs is 3. The molecule has 2 aromatic carbocycles. The smallest absolute Gasteiger partial charge is 0.251 e. The second kappa shape index (κ2) is 8.49. The maximum atomic E-state index is 12.7. The first-order valence-corrected chi connectivity index (χ1v) is 10.0. The van der Waals surface area contributed by atoms with Gasteiger partial charge in [-0.3, -0.25) is 9.59 Å². The van der Waals surface area contributed by atoms with E-state index >= 15 is 0 Å². The van der Waals surface area contributed by atoms with Gasteiger partial charge >= 0.3 is 0 Å². The van der Waals surface area contributed by atoms with Gasteiger partial charge in [-0.1, -0.05) is 30.3 Å². The van der Waals surface area contributed by atoms with E-state index in [9.17, 15) is 9.59 Å². The number of aromatic amines is 1. The third-order valence-corrected chi connectivity index (χ3v) is 5.45. The fourth-order valence-electron chi connectivity index (χ4n) is 3.88. The minimum absolute atomic E-state index is 0.0624. The molecule has 0 atom stereocenters. The minimum atomic E-state index is -0.0624. The molecule has 1 aromatic heterocycles. The molecule has 6 nitrogen and oxygen atoms in total. The van der Waals surface area contributed by atoms with Crippen molar-refractivity contribution >= 4 is 22.7 Å². The Morgan fingerprint density at radius 1 is 1.10 bits per heavy atom. The van der Waals surface area contributed by atoms with Crippen molar-refractivity contribution in [2.45, 2.75) is 19.4 Å². The highest BCUT2D eigenvalue weighted by molar-refractivity contribution is 5.99. The summed E-state index contributed by atoms with van der Waals surface area (Å²) < 4.78 is 0. The number of carbonyl (C=O) groups excluding carboxylic acids is 2. The molecule has 150 valence electrons. The summed E-state index contributed by atoms with van der Waals surface area (Å²) in [7, 11) is 1.86. The Balaban J connectivity index is 1.49. The first-order chi connectivity index (χ1) is 14.2. The van der Waals surface area contributed by atoms with Gasteiger partial charge in [0.15, 0.2) is 0 Å². The van der Waals surface area contributed by atoms with Crippen LogP contribution in [0.4, 0.5) is 0 Å². The molecule has 3 N–H and O–H groups in total. The van der Waals surface area contributed by atoms with Crippen LogP contribution in [0.1, 0.15) is 27.2 Å².